The average Bonchev–Trinajstić information content (AvgIpc) is 2.88. The van der Waals surface area contributed by atoms with Crippen molar-refractivity contribution >= 4 is 28.6 Å². The van der Waals surface area contributed by atoms with E-state index >= 15 is 0 Å². The highest BCUT2D eigenvalue weighted by molar-refractivity contribution is 7.98. The van der Waals surface area contributed by atoms with Crippen LogP contribution in [0.4, 0.5) is 5.69 Å². The van der Waals surface area contributed by atoms with Gasteiger partial charge in [0.25, 0.3) is 0 Å². The van der Waals surface area contributed by atoms with E-state index in [9.17, 15) is 0 Å². The topological polar surface area (TPSA) is 53.6 Å². The third kappa shape index (κ3) is 2.56. The maximum atomic E-state index is 4.46. The summed E-state index contributed by atoms with van der Waals surface area (Å²) in [5.74, 6) is 0.872. The summed E-state index contributed by atoms with van der Waals surface area (Å²) >= 11 is 1.68. The predicted molar refractivity (Wildman–Crippen MR) is 79.4 cm³/mol. The van der Waals surface area contributed by atoms with Crippen LogP contribution in [0.15, 0.2) is 47.8 Å². The van der Waals surface area contributed by atoms with Gasteiger partial charge in [0.1, 0.15) is 0 Å². The maximum Gasteiger partial charge on any atom is 0.178 e. The lowest BCUT2D eigenvalue weighted by Crippen LogP contribution is -1.93. The van der Waals surface area contributed by atoms with Crippen LogP contribution in [0.5, 0.6) is 0 Å². The van der Waals surface area contributed by atoms with Crippen LogP contribution in [0.3, 0.4) is 0 Å². The van der Waals surface area contributed by atoms with E-state index in [2.05, 4.69) is 38.5 Å². The van der Waals surface area contributed by atoms with E-state index in [0.717, 1.165) is 27.8 Å². The van der Waals surface area contributed by atoms with Gasteiger partial charge in [-0.3, -0.25) is 0 Å². The molecule has 0 fully saturated rings. The Kier molecular flexibility index (Phi) is 3.37. The van der Waals surface area contributed by atoms with Crippen molar-refractivity contribution in [2.24, 2.45) is 0 Å². The fraction of sp³-hybridized carbons (Fsp3) is 0.143. The minimum atomic E-state index is 0.770. The molecular weight excluding hydrogens is 256 g/mol. The summed E-state index contributed by atoms with van der Waals surface area (Å²) in [6.07, 6.45) is 1.76. The van der Waals surface area contributed by atoms with Gasteiger partial charge in [0.05, 0.1) is 5.52 Å². The largest absolute Gasteiger partial charge is 0.388 e. The van der Waals surface area contributed by atoms with Crippen LogP contribution < -0.4 is 5.32 Å². The number of hydrogen-bond donors (Lipinski definition) is 2. The Labute approximate surface area is 115 Å². The van der Waals surface area contributed by atoms with Crippen LogP contribution in [0.1, 0.15) is 5.56 Å². The number of nitrogens with zero attached hydrogens (tertiary/aromatic N) is 2. The first-order valence-corrected chi connectivity index (χ1v) is 7.04. The van der Waals surface area contributed by atoms with E-state index in [-0.39, 0.29) is 0 Å². The molecule has 0 saturated heterocycles. The summed E-state index contributed by atoms with van der Waals surface area (Å²) in [6.45, 7) is 0. The number of hydrogen-bond acceptors (Lipinski definition) is 4. The molecule has 0 atom stereocenters. The van der Waals surface area contributed by atoms with Crippen molar-refractivity contribution in [3.05, 3.63) is 48.2 Å². The van der Waals surface area contributed by atoms with Gasteiger partial charge in [-0.25, -0.2) is 9.97 Å². The number of imidazole rings is 1. The average molecular weight is 270 g/mol. The van der Waals surface area contributed by atoms with Crippen LogP contribution in [-0.4, -0.2) is 22.0 Å². The molecule has 2 heterocycles. The van der Waals surface area contributed by atoms with E-state index in [1.165, 1.54) is 5.56 Å². The monoisotopic (exact) mass is 270 g/mol. The number of benzene rings is 1. The zero-order chi connectivity index (χ0) is 13.1. The molecule has 0 bridgehead atoms. The highest BCUT2D eigenvalue weighted by Gasteiger charge is 2.05. The Morgan fingerprint density at radius 1 is 1.21 bits per heavy atom. The predicted octanol–water partition coefficient (Wildman–Crippen LogP) is 3.29. The van der Waals surface area contributed by atoms with Crippen LogP contribution in [-0.2, 0) is 5.75 Å². The molecule has 19 heavy (non-hydrogen) atoms. The molecule has 0 spiro atoms. The van der Waals surface area contributed by atoms with Gasteiger partial charge >= 0.3 is 0 Å². The molecule has 2 aromatic heterocycles. The van der Waals surface area contributed by atoms with Crippen molar-refractivity contribution in [2.75, 3.05) is 12.4 Å². The Hall–Kier alpha value is -2.01. The zero-order valence-electron chi connectivity index (χ0n) is 10.6. The van der Waals surface area contributed by atoms with Gasteiger partial charge < -0.3 is 10.3 Å². The van der Waals surface area contributed by atoms with Gasteiger partial charge in [0.15, 0.2) is 10.8 Å². The minimum absolute atomic E-state index is 0.770. The van der Waals surface area contributed by atoms with E-state index in [1.54, 1.807) is 18.0 Å². The number of aromatic nitrogens is 3. The molecule has 0 radical (unpaired) electrons. The second kappa shape index (κ2) is 5.32. The molecule has 1 aromatic carbocycles. The van der Waals surface area contributed by atoms with Crippen molar-refractivity contribution in [2.45, 2.75) is 10.9 Å². The number of nitrogens with one attached hydrogen (secondary N) is 2. The first kappa shape index (κ1) is 12.0. The SMILES string of the molecule is CNc1ccccc1CSc1nc2ncccc2[nH]1. The molecule has 3 rings (SSSR count). The van der Waals surface area contributed by atoms with Crippen molar-refractivity contribution in [3.8, 4) is 0 Å². The van der Waals surface area contributed by atoms with Gasteiger partial charge in [0, 0.05) is 24.7 Å². The summed E-state index contributed by atoms with van der Waals surface area (Å²) in [5.41, 5.74) is 4.17. The fourth-order valence-electron chi connectivity index (χ4n) is 1.93. The lowest BCUT2D eigenvalue weighted by atomic mass is 10.2. The standard InChI is InChI=1S/C14H14N4S/c1-15-11-6-3-2-5-10(11)9-19-14-17-12-7-4-8-16-13(12)18-14/h2-8,15H,9H2,1H3,(H,16,17,18). The molecular formula is C14H14N4S. The molecule has 96 valence electrons. The minimum Gasteiger partial charge on any atom is -0.388 e. The number of pyridine rings is 1. The van der Waals surface area contributed by atoms with Gasteiger partial charge in [-0.15, -0.1) is 0 Å². The van der Waals surface area contributed by atoms with Gasteiger partial charge in [-0.05, 0) is 23.8 Å². The van der Waals surface area contributed by atoms with E-state index in [1.807, 2.05) is 25.2 Å². The number of anilines is 1. The molecule has 0 amide bonds. The van der Waals surface area contributed by atoms with Crippen LogP contribution in [0.25, 0.3) is 11.2 Å². The normalized spacial score (nSPS) is 10.8. The summed E-state index contributed by atoms with van der Waals surface area (Å²) in [4.78, 5) is 12.0. The first-order valence-electron chi connectivity index (χ1n) is 6.06. The molecule has 5 heteroatoms. The van der Waals surface area contributed by atoms with Crippen molar-refractivity contribution in [1.29, 1.82) is 0 Å². The Morgan fingerprint density at radius 2 is 2.11 bits per heavy atom. The van der Waals surface area contributed by atoms with Crippen molar-refractivity contribution < 1.29 is 0 Å². The van der Waals surface area contributed by atoms with Gasteiger partial charge in [0.2, 0.25) is 0 Å². The summed E-state index contributed by atoms with van der Waals surface area (Å²) in [6, 6.07) is 12.2. The molecule has 0 aliphatic carbocycles. The number of thioether (sulfide) groups is 1. The quantitative estimate of drug-likeness (QED) is 0.714. The summed E-state index contributed by atoms with van der Waals surface area (Å²) in [5, 5.41) is 4.10. The zero-order valence-corrected chi connectivity index (χ0v) is 11.4. The molecule has 0 unspecified atom stereocenters. The molecule has 0 aliphatic rings. The van der Waals surface area contributed by atoms with Crippen LogP contribution in [0.2, 0.25) is 0 Å². The third-order valence-corrected chi connectivity index (χ3v) is 3.81. The Bertz CT molecular complexity index is 659. The number of para-hydroxylation sites is 1. The van der Waals surface area contributed by atoms with Crippen LogP contribution in [0, 0.1) is 0 Å². The number of rotatable bonds is 4. The smallest absolute Gasteiger partial charge is 0.178 e. The lowest BCUT2D eigenvalue weighted by molar-refractivity contribution is 1.07. The molecule has 4 nitrogen and oxygen atoms in total. The van der Waals surface area contributed by atoms with E-state index in [0.29, 0.717) is 0 Å². The Morgan fingerprint density at radius 3 is 2.95 bits per heavy atom. The lowest BCUT2D eigenvalue weighted by Gasteiger charge is -2.07. The molecule has 3 aromatic rings. The van der Waals surface area contributed by atoms with Gasteiger partial charge in [-0.2, -0.15) is 0 Å². The van der Waals surface area contributed by atoms with Crippen LogP contribution >= 0.6 is 11.8 Å². The molecule has 2 N–H and O–H groups in total. The molecule has 0 saturated carbocycles. The second-order valence-corrected chi connectivity index (χ2v) is 5.08. The number of aromatic amines is 1. The Balaban J connectivity index is 1.78. The molecule has 0 aliphatic heterocycles. The summed E-state index contributed by atoms with van der Waals surface area (Å²) in [7, 11) is 1.94. The van der Waals surface area contributed by atoms with Gasteiger partial charge in [-0.1, -0.05) is 30.0 Å². The number of H-pyrrole nitrogens is 1. The van der Waals surface area contributed by atoms with Crippen molar-refractivity contribution in [1.82, 2.24) is 15.0 Å². The van der Waals surface area contributed by atoms with E-state index in [4.69, 9.17) is 0 Å². The highest BCUT2D eigenvalue weighted by atomic mass is 32.2. The van der Waals surface area contributed by atoms with E-state index < -0.39 is 0 Å². The van der Waals surface area contributed by atoms with Crippen molar-refractivity contribution in [3.63, 3.8) is 0 Å². The second-order valence-electron chi connectivity index (χ2n) is 4.11. The summed E-state index contributed by atoms with van der Waals surface area (Å²) < 4.78 is 0. The maximum absolute atomic E-state index is 4.46. The first-order chi connectivity index (χ1) is 9.36. The number of fused-ring (bicyclic) bond motifs is 1. The highest BCUT2D eigenvalue weighted by Crippen LogP contribution is 2.25. The third-order valence-electron chi connectivity index (χ3n) is 2.89. The fourth-order valence-corrected chi connectivity index (χ4v) is 2.80.